The molecule has 0 spiro atoms. The molecule has 0 amide bonds. The van der Waals surface area contributed by atoms with Gasteiger partial charge < -0.3 is 5.32 Å². The molecule has 0 unspecified atom stereocenters. The number of hydrogen-bond donors (Lipinski definition) is 2. The van der Waals surface area contributed by atoms with E-state index in [4.69, 9.17) is 5.41 Å². The van der Waals surface area contributed by atoms with Crippen LogP contribution >= 0.6 is 0 Å². The second kappa shape index (κ2) is 6.15. The minimum absolute atomic E-state index is 0.704. The molecule has 0 aliphatic carbocycles. The third-order valence-corrected chi connectivity index (χ3v) is 0.637. The maximum Gasteiger partial charge on any atom is 0.0228 e. The van der Waals surface area contributed by atoms with Gasteiger partial charge in [0.25, 0.3) is 0 Å². The predicted molar refractivity (Wildman–Crippen MR) is 35.4 cm³/mol. The number of nitrogens with one attached hydrogen (secondary N) is 2. The van der Waals surface area contributed by atoms with E-state index in [1.165, 1.54) is 0 Å². The zero-order chi connectivity index (χ0) is 6.24. The molecule has 0 saturated heterocycles. The van der Waals surface area contributed by atoms with Gasteiger partial charge in [0.2, 0.25) is 0 Å². The Labute approximate surface area is 49.4 Å². The van der Waals surface area contributed by atoms with E-state index < -0.39 is 0 Å². The smallest absolute Gasteiger partial charge is 0.0228 e. The second-order valence-corrected chi connectivity index (χ2v) is 1.30. The highest BCUT2D eigenvalue weighted by molar-refractivity contribution is 5.47. The molecular formula is C6H10N2. The lowest BCUT2D eigenvalue weighted by Gasteiger charge is -1.89. The summed E-state index contributed by atoms with van der Waals surface area (Å²) in [5.74, 6) is 2.15. The average Bonchev–Trinajstić information content (AvgIpc) is 1.81. The SMILES string of the molecule is C=CCNCC=C=N. The lowest BCUT2D eigenvalue weighted by atomic mass is 10.5. The van der Waals surface area contributed by atoms with Crippen LogP contribution in [0, 0.1) is 5.41 Å². The minimum atomic E-state index is 0.704. The molecule has 2 heteroatoms. The molecule has 0 fully saturated rings. The Hall–Kier alpha value is -0.850. The minimum Gasteiger partial charge on any atom is -0.309 e. The summed E-state index contributed by atoms with van der Waals surface area (Å²) in [7, 11) is 0. The zero-order valence-electron chi connectivity index (χ0n) is 4.78. The normalized spacial score (nSPS) is 7.50. The van der Waals surface area contributed by atoms with E-state index in [2.05, 4.69) is 17.8 Å². The summed E-state index contributed by atoms with van der Waals surface area (Å²) in [6.07, 6.45) is 3.39. The van der Waals surface area contributed by atoms with Gasteiger partial charge in [0.05, 0.1) is 0 Å². The molecule has 2 nitrogen and oxygen atoms in total. The molecule has 0 saturated carbocycles. The first-order valence-corrected chi connectivity index (χ1v) is 2.47. The highest BCUT2D eigenvalue weighted by Gasteiger charge is 1.71. The number of hydrogen-bond acceptors (Lipinski definition) is 2. The van der Waals surface area contributed by atoms with Crippen molar-refractivity contribution >= 4 is 5.87 Å². The lowest BCUT2D eigenvalue weighted by Crippen LogP contribution is -2.12. The van der Waals surface area contributed by atoms with Crippen LogP contribution in [-0.4, -0.2) is 19.0 Å². The summed E-state index contributed by atoms with van der Waals surface area (Å²) < 4.78 is 0. The third-order valence-electron chi connectivity index (χ3n) is 0.637. The van der Waals surface area contributed by atoms with Crippen molar-refractivity contribution in [3.05, 3.63) is 18.7 Å². The van der Waals surface area contributed by atoms with Gasteiger partial charge in [-0.25, -0.2) is 0 Å². The lowest BCUT2D eigenvalue weighted by molar-refractivity contribution is 0.847. The summed E-state index contributed by atoms with van der Waals surface area (Å²) in [6, 6.07) is 0. The zero-order valence-corrected chi connectivity index (χ0v) is 4.78. The predicted octanol–water partition coefficient (Wildman–Crippen LogP) is 0.567. The first-order chi connectivity index (χ1) is 3.91. The van der Waals surface area contributed by atoms with Gasteiger partial charge in [0, 0.05) is 13.1 Å². The van der Waals surface area contributed by atoms with Crippen molar-refractivity contribution in [2.24, 2.45) is 0 Å². The first kappa shape index (κ1) is 7.15. The number of rotatable bonds is 4. The molecule has 0 rings (SSSR count). The Bertz CT molecular complexity index is 101. The van der Waals surface area contributed by atoms with Crippen LogP contribution < -0.4 is 5.32 Å². The molecule has 0 aromatic heterocycles. The van der Waals surface area contributed by atoms with Crippen molar-refractivity contribution in [3.63, 3.8) is 0 Å². The van der Waals surface area contributed by atoms with E-state index in [0.29, 0.717) is 6.54 Å². The van der Waals surface area contributed by atoms with Gasteiger partial charge in [0.1, 0.15) is 0 Å². The van der Waals surface area contributed by atoms with Crippen LogP contribution in [0.25, 0.3) is 0 Å². The van der Waals surface area contributed by atoms with Crippen LogP contribution in [-0.2, 0) is 0 Å². The fourth-order valence-electron chi connectivity index (χ4n) is 0.309. The molecule has 0 aromatic carbocycles. The van der Waals surface area contributed by atoms with Gasteiger partial charge in [-0.15, -0.1) is 6.58 Å². The Balaban J connectivity index is 2.93. The highest BCUT2D eigenvalue weighted by Crippen LogP contribution is 1.59. The maximum absolute atomic E-state index is 6.47. The average molecular weight is 110 g/mol. The fraction of sp³-hybridized carbons (Fsp3) is 0.333. The third kappa shape index (κ3) is 5.15. The van der Waals surface area contributed by atoms with Crippen LogP contribution in [0.3, 0.4) is 0 Å². The Morgan fingerprint density at radius 3 is 2.88 bits per heavy atom. The Morgan fingerprint density at radius 1 is 1.62 bits per heavy atom. The van der Waals surface area contributed by atoms with Crippen LogP contribution in [0.15, 0.2) is 18.7 Å². The van der Waals surface area contributed by atoms with E-state index in [1.807, 2.05) is 0 Å². The molecular weight excluding hydrogens is 100 g/mol. The topological polar surface area (TPSA) is 35.9 Å². The van der Waals surface area contributed by atoms with E-state index in [9.17, 15) is 0 Å². The van der Waals surface area contributed by atoms with Gasteiger partial charge in [-0.05, 0) is 11.9 Å². The largest absolute Gasteiger partial charge is 0.309 e. The van der Waals surface area contributed by atoms with Gasteiger partial charge in [-0.1, -0.05) is 6.08 Å². The molecule has 2 N–H and O–H groups in total. The summed E-state index contributed by atoms with van der Waals surface area (Å²) in [5, 5.41) is 9.45. The summed E-state index contributed by atoms with van der Waals surface area (Å²) in [4.78, 5) is 0. The maximum atomic E-state index is 6.47. The van der Waals surface area contributed by atoms with Crippen LogP contribution in [0.2, 0.25) is 0 Å². The van der Waals surface area contributed by atoms with Crippen molar-refractivity contribution in [3.8, 4) is 0 Å². The quantitative estimate of drug-likeness (QED) is 0.310. The summed E-state index contributed by atoms with van der Waals surface area (Å²) >= 11 is 0. The molecule has 44 valence electrons. The van der Waals surface area contributed by atoms with Gasteiger partial charge in [-0.3, -0.25) is 5.41 Å². The van der Waals surface area contributed by atoms with Gasteiger partial charge in [-0.2, -0.15) is 0 Å². The van der Waals surface area contributed by atoms with Crippen molar-refractivity contribution in [1.29, 1.82) is 5.41 Å². The van der Waals surface area contributed by atoms with Crippen LogP contribution in [0.5, 0.6) is 0 Å². The van der Waals surface area contributed by atoms with E-state index in [0.717, 1.165) is 6.54 Å². The summed E-state index contributed by atoms with van der Waals surface area (Å²) in [6.45, 7) is 5.01. The van der Waals surface area contributed by atoms with Crippen molar-refractivity contribution < 1.29 is 0 Å². The van der Waals surface area contributed by atoms with Crippen molar-refractivity contribution in [1.82, 2.24) is 5.32 Å². The highest BCUT2D eigenvalue weighted by atomic mass is 14.8. The molecule has 0 aliphatic rings. The molecule has 8 heavy (non-hydrogen) atoms. The summed E-state index contributed by atoms with van der Waals surface area (Å²) in [5.41, 5.74) is 0. The molecule has 0 bridgehead atoms. The van der Waals surface area contributed by atoms with Crippen LogP contribution in [0.1, 0.15) is 0 Å². The monoisotopic (exact) mass is 110 g/mol. The second-order valence-electron chi connectivity index (χ2n) is 1.30. The fourth-order valence-corrected chi connectivity index (χ4v) is 0.309. The van der Waals surface area contributed by atoms with Crippen molar-refractivity contribution in [2.75, 3.05) is 13.1 Å². The van der Waals surface area contributed by atoms with Gasteiger partial charge >= 0.3 is 0 Å². The molecule has 0 atom stereocenters. The Kier molecular flexibility index (Phi) is 5.50. The van der Waals surface area contributed by atoms with E-state index in [1.54, 1.807) is 12.2 Å². The van der Waals surface area contributed by atoms with Crippen LogP contribution in [0.4, 0.5) is 0 Å². The van der Waals surface area contributed by atoms with E-state index in [-0.39, 0.29) is 0 Å². The molecule has 0 heterocycles. The standard InChI is InChI=1S/C6H10N2/c1-2-5-8-6-3-4-7/h2-3,7-8H,1,5-6H2. The van der Waals surface area contributed by atoms with E-state index >= 15 is 0 Å². The molecule has 0 aliphatic heterocycles. The van der Waals surface area contributed by atoms with Gasteiger partial charge in [0.15, 0.2) is 0 Å². The molecule has 0 aromatic rings. The Morgan fingerprint density at radius 2 is 2.38 bits per heavy atom. The first-order valence-electron chi connectivity index (χ1n) is 2.47. The van der Waals surface area contributed by atoms with Crippen molar-refractivity contribution in [2.45, 2.75) is 0 Å². The molecule has 0 radical (unpaired) electrons.